The fourth-order valence-corrected chi connectivity index (χ4v) is 3.16. The number of carbonyl (C=O) groups excluding carboxylic acids is 2. The second-order valence-electron chi connectivity index (χ2n) is 6.67. The summed E-state index contributed by atoms with van der Waals surface area (Å²) in [5.41, 5.74) is 7.97. The van der Waals surface area contributed by atoms with Gasteiger partial charge in [0.1, 0.15) is 0 Å². The first kappa shape index (κ1) is 20.4. The third-order valence-electron chi connectivity index (χ3n) is 4.55. The summed E-state index contributed by atoms with van der Waals surface area (Å²) in [5.74, 6) is -0.204. The van der Waals surface area contributed by atoms with E-state index in [-0.39, 0.29) is 18.4 Å². The van der Waals surface area contributed by atoms with Gasteiger partial charge in [-0.3, -0.25) is 4.79 Å². The zero-order valence-electron chi connectivity index (χ0n) is 15.9. The average molecular weight is 412 g/mol. The van der Waals surface area contributed by atoms with E-state index >= 15 is 0 Å². The Kier molecular flexibility index (Phi) is 6.51. The van der Waals surface area contributed by atoms with Crippen LogP contribution in [0.25, 0.3) is 5.69 Å². The van der Waals surface area contributed by atoms with Crippen molar-refractivity contribution in [2.45, 2.75) is 25.4 Å². The highest BCUT2D eigenvalue weighted by Gasteiger charge is 2.19. The lowest BCUT2D eigenvalue weighted by Gasteiger charge is -2.20. The van der Waals surface area contributed by atoms with Gasteiger partial charge in [-0.1, -0.05) is 35.9 Å². The van der Waals surface area contributed by atoms with Crippen molar-refractivity contribution in [2.24, 2.45) is 5.73 Å². The summed E-state index contributed by atoms with van der Waals surface area (Å²) in [6, 6.07) is 13.3. The van der Waals surface area contributed by atoms with Crippen LogP contribution < -0.4 is 16.4 Å². The molecule has 0 aliphatic heterocycles. The summed E-state index contributed by atoms with van der Waals surface area (Å²) in [6.45, 7) is 1.91. The van der Waals surface area contributed by atoms with Crippen LogP contribution in [0.2, 0.25) is 5.02 Å². The summed E-state index contributed by atoms with van der Waals surface area (Å²) in [4.78, 5) is 28.0. The zero-order valence-corrected chi connectivity index (χ0v) is 16.6. The summed E-state index contributed by atoms with van der Waals surface area (Å²) in [5, 5.41) is 6.14. The van der Waals surface area contributed by atoms with E-state index < -0.39 is 12.1 Å². The molecule has 0 fully saturated rings. The lowest BCUT2D eigenvalue weighted by molar-refractivity contribution is -0.122. The van der Waals surface area contributed by atoms with Crippen molar-refractivity contribution in [3.8, 4) is 5.69 Å². The third kappa shape index (κ3) is 5.58. The lowest BCUT2D eigenvalue weighted by atomic mass is 10.0. The molecule has 3 aromatic rings. The van der Waals surface area contributed by atoms with Crippen molar-refractivity contribution >= 4 is 23.5 Å². The van der Waals surface area contributed by atoms with Gasteiger partial charge in [0.15, 0.2) is 0 Å². The molecule has 29 heavy (non-hydrogen) atoms. The number of nitrogens with one attached hydrogen (secondary N) is 2. The number of hydrogen-bond donors (Lipinski definition) is 3. The lowest BCUT2D eigenvalue weighted by Crippen LogP contribution is -2.37. The first-order valence-corrected chi connectivity index (χ1v) is 9.49. The van der Waals surface area contributed by atoms with Gasteiger partial charge in [0.05, 0.1) is 24.8 Å². The van der Waals surface area contributed by atoms with Gasteiger partial charge in [-0.25, -0.2) is 9.78 Å². The van der Waals surface area contributed by atoms with E-state index in [0.29, 0.717) is 5.02 Å². The molecule has 150 valence electrons. The number of imidazole rings is 1. The molecular formula is C21H22ClN5O2. The largest absolute Gasteiger partial charge is 0.352 e. The second kappa shape index (κ2) is 9.25. The topological polar surface area (TPSA) is 102 Å². The first-order chi connectivity index (χ1) is 13.9. The predicted octanol–water partition coefficient (Wildman–Crippen LogP) is 3.50. The molecule has 1 heterocycles. The normalized spacial score (nSPS) is 12.8. The third-order valence-corrected chi connectivity index (χ3v) is 4.80. The molecule has 2 unspecified atom stereocenters. The van der Waals surface area contributed by atoms with Crippen LogP contribution in [0.5, 0.6) is 0 Å². The van der Waals surface area contributed by atoms with Crippen LogP contribution in [-0.2, 0) is 4.79 Å². The number of amides is 3. The van der Waals surface area contributed by atoms with Crippen molar-refractivity contribution in [1.29, 1.82) is 0 Å². The van der Waals surface area contributed by atoms with Gasteiger partial charge in [0, 0.05) is 23.1 Å². The van der Waals surface area contributed by atoms with E-state index in [9.17, 15) is 9.59 Å². The number of primary amides is 1. The fraction of sp³-hybridized carbons (Fsp3) is 0.190. The average Bonchev–Trinajstić information content (AvgIpc) is 3.22. The van der Waals surface area contributed by atoms with Crippen molar-refractivity contribution in [3.63, 3.8) is 0 Å². The highest BCUT2D eigenvalue weighted by atomic mass is 35.5. The monoisotopic (exact) mass is 411 g/mol. The smallest absolute Gasteiger partial charge is 0.312 e. The number of carbonyl (C=O) groups is 2. The van der Waals surface area contributed by atoms with Gasteiger partial charge < -0.3 is 20.9 Å². The second-order valence-corrected chi connectivity index (χ2v) is 7.10. The molecule has 0 radical (unpaired) electrons. The fourth-order valence-electron chi connectivity index (χ4n) is 3.04. The van der Waals surface area contributed by atoms with Crippen molar-refractivity contribution in [1.82, 2.24) is 20.2 Å². The van der Waals surface area contributed by atoms with Crippen LogP contribution in [-0.4, -0.2) is 21.5 Å². The van der Waals surface area contributed by atoms with Gasteiger partial charge in [-0.15, -0.1) is 0 Å². The molecule has 0 aliphatic rings. The molecule has 0 spiro atoms. The van der Waals surface area contributed by atoms with E-state index in [1.807, 2.05) is 42.0 Å². The van der Waals surface area contributed by atoms with Crippen LogP contribution in [0.1, 0.15) is 36.6 Å². The van der Waals surface area contributed by atoms with Crippen molar-refractivity contribution in [2.75, 3.05) is 0 Å². The zero-order chi connectivity index (χ0) is 20.8. The molecule has 4 N–H and O–H groups in total. The molecule has 0 saturated carbocycles. The number of benzene rings is 2. The number of nitrogens with zero attached hydrogens (tertiary/aromatic N) is 2. The highest BCUT2D eigenvalue weighted by Crippen LogP contribution is 2.21. The molecular weight excluding hydrogens is 390 g/mol. The number of urea groups is 1. The molecule has 0 bridgehead atoms. The molecule has 8 heteroatoms. The van der Waals surface area contributed by atoms with E-state index in [2.05, 4.69) is 15.6 Å². The maximum atomic E-state index is 12.6. The van der Waals surface area contributed by atoms with Crippen LogP contribution in [0.15, 0.2) is 67.3 Å². The summed E-state index contributed by atoms with van der Waals surface area (Å²) < 4.78 is 1.90. The van der Waals surface area contributed by atoms with E-state index in [1.54, 1.807) is 36.8 Å². The maximum Gasteiger partial charge on any atom is 0.312 e. The number of hydrogen-bond acceptors (Lipinski definition) is 3. The highest BCUT2D eigenvalue weighted by molar-refractivity contribution is 6.30. The Hall–Kier alpha value is -3.32. The Morgan fingerprint density at radius 1 is 1.07 bits per heavy atom. The molecule has 2 aromatic carbocycles. The Labute approximate surface area is 173 Å². The first-order valence-electron chi connectivity index (χ1n) is 9.11. The van der Waals surface area contributed by atoms with E-state index in [0.717, 1.165) is 16.8 Å². The van der Waals surface area contributed by atoms with Gasteiger partial charge in [0.25, 0.3) is 0 Å². The van der Waals surface area contributed by atoms with Gasteiger partial charge in [0.2, 0.25) is 5.91 Å². The van der Waals surface area contributed by atoms with Gasteiger partial charge in [-0.05, 0) is 42.3 Å². The van der Waals surface area contributed by atoms with Crippen LogP contribution in [0, 0.1) is 0 Å². The SMILES string of the molecule is CC(NC(=O)CC(NC(N)=O)c1ccc(Cl)cc1)c1ccc(-n2ccnc2)cc1. The molecule has 7 nitrogen and oxygen atoms in total. The molecule has 3 amide bonds. The molecule has 1 aromatic heterocycles. The summed E-state index contributed by atoms with van der Waals surface area (Å²) in [6.07, 6.45) is 5.36. The van der Waals surface area contributed by atoms with Crippen molar-refractivity contribution < 1.29 is 9.59 Å². The van der Waals surface area contributed by atoms with Gasteiger partial charge in [-0.2, -0.15) is 0 Å². The van der Waals surface area contributed by atoms with Crippen LogP contribution in [0.3, 0.4) is 0 Å². The summed E-state index contributed by atoms with van der Waals surface area (Å²) in [7, 11) is 0. The van der Waals surface area contributed by atoms with Crippen molar-refractivity contribution in [3.05, 3.63) is 83.4 Å². The minimum Gasteiger partial charge on any atom is -0.352 e. The number of aromatic nitrogens is 2. The quantitative estimate of drug-likeness (QED) is 0.554. The Balaban J connectivity index is 1.64. The Bertz CT molecular complexity index is 956. The Morgan fingerprint density at radius 2 is 1.72 bits per heavy atom. The summed E-state index contributed by atoms with van der Waals surface area (Å²) >= 11 is 5.91. The molecule has 0 aliphatic carbocycles. The minimum atomic E-state index is -0.694. The van der Waals surface area contributed by atoms with Crippen LogP contribution >= 0.6 is 11.6 Å². The maximum absolute atomic E-state index is 12.6. The van der Waals surface area contributed by atoms with Crippen LogP contribution in [0.4, 0.5) is 4.79 Å². The molecule has 0 saturated heterocycles. The van der Waals surface area contributed by atoms with E-state index in [1.165, 1.54) is 0 Å². The number of rotatable bonds is 7. The standard InChI is InChI=1S/C21H22ClN5O2/c1-14(15-4-8-18(9-5-15)27-11-10-24-13-27)25-20(28)12-19(26-21(23)29)16-2-6-17(22)7-3-16/h2-11,13-14,19H,12H2,1H3,(H,25,28)(H3,23,26,29). The molecule has 3 rings (SSSR count). The number of nitrogens with two attached hydrogens (primary N) is 1. The Morgan fingerprint density at radius 3 is 2.31 bits per heavy atom. The van der Waals surface area contributed by atoms with E-state index in [4.69, 9.17) is 17.3 Å². The minimum absolute atomic E-state index is 0.0576. The molecule has 2 atom stereocenters. The number of halogens is 1. The van der Waals surface area contributed by atoms with Gasteiger partial charge >= 0.3 is 6.03 Å². The predicted molar refractivity (Wildman–Crippen MR) is 112 cm³/mol.